The molecule has 124 valence electrons. The Hall–Kier alpha value is -1.85. The third-order valence-electron chi connectivity index (χ3n) is 2.61. The summed E-state index contributed by atoms with van der Waals surface area (Å²) >= 11 is 0. The zero-order chi connectivity index (χ0) is 17.1. The largest absolute Gasteiger partial charge is 0.481 e. The van der Waals surface area contributed by atoms with Crippen molar-refractivity contribution < 1.29 is 19.4 Å². The van der Waals surface area contributed by atoms with Gasteiger partial charge in [0, 0.05) is 18.1 Å². The molecule has 1 amide bonds. The molecule has 1 unspecified atom stereocenters. The molecule has 2 N–H and O–H groups in total. The van der Waals surface area contributed by atoms with Gasteiger partial charge in [0.25, 0.3) is 5.91 Å². The zero-order valence-corrected chi connectivity index (χ0v) is 14.3. The summed E-state index contributed by atoms with van der Waals surface area (Å²) in [6.07, 6.45) is -0.523. The highest BCUT2D eigenvalue weighted by Gasteiger charge is 2.14. The van der Waals surface area contributed by atoms with Gasteiger partial charge < -0.3 is 15.2 Å². The van der Waals surface area contributed by atoms with E-state index >= 15 is 0 Å². The van der Waals surface area contributed by atoms with E-state index in [1.54, 1.807) is 31.2 Å². The number of hydrogen-bond acceptors (Lipinski definition) is 6. The maximum atomic E-state index is 11.9. The van der Waals surface area contributed by atoms with E-state index in [1.807, 2.05) is 6.07 Å². The quantitative estimate of drug-likeness (QED) is 0.491. The summed E-state index contributed by atoms with van der Waals surface area (Å²) in [4.78, 5) is 22.2. The number of aliphatic carboxylic acids is 1. The molecule has 0 saturated carbocycles. The Morgan fingerprint density at radius 3 is 2.83 bits per heavy atom. The van der Waals surface area contributed by atoms with Crippen molar-refractivity contribution in [2.45, 2.75) is 19.4 Å². The molecule has 0 aromatic heterocycles. The molecule has 0 radical (unpaired) electrons. The lowest BCUT2D eigenvalue weighted by atomic mass is 10.2. The van der Waals surface area contributed by atoms with Gasteiger partial charge in [0.2, 0.25) is 0 Å². The molecule has 8 heteroatoms. The summed E-state index contributed by atoms with van der Waals surface area (Å²) in [7, 11) is 2.99. The number of carboxylic acid groups (broad SMARTS) is 1. The Bertz CT molecular complexity index is 575. The molecule has 0 saturated heterocycles. The van der Waals surface area contributed by atoms with Crippen LogP contribution in [0.4, 0.5) is 0 Å². The molecule has 1 aromatic rings. The number of benzene rings is 1. The van der Waals surface area contributed by atoms with Crippen LogP contribution < -0.4 is 10.1 Å². The lowest BCUT2D eigenvalue weighted by Gasteiger charge is -2.14. The van der Waals surface area contributed by atoms with E-state index in [0.717, 1.165) is 0 Å². The number of rotatable bonds is 10. The summed E-state index contributed by atoms with van der Waals surface area (Å²) < 4.78 is 5.50. The van der Waals surface area contributed by atoms with Crippen LogP contribution in [-0.2, 0) is 9.59 Å². The second-order valence-electron chi connectivity index (χ2n) is 4.48. The second-order valence-corrected chi connectivity index (χ2v) is 7.18. The van der Waals surface area contributed by atoms with Gasteiger partial charge >= 0.3 is 5.97 Å². The summed E-state index contributed by atoms with van der Waals surface area (Å²) in [6.45, 7) is 2.12. The average Bonchev–Trinajstić information content (AvgIpc) is 2.53. The van der Waals surface area contributed by atoms with Crippen LogP contribution in [0.15, 0.2) is 24.3 Å². The first-order valence-corrected chi connectivity index (χ1v) is 9.42. The van der Waals surface area contributed by atoms with Crippen LogP contribution in [0.2, 0.25) is 0 Å². The van der Waals surface area contributed by atoms with E-state index in [9.17, 15) is 9.59 Å². The predicted octanol–water partition coefficient (Wildman–Crippen LogP) is 2.30. The van der Waals surface area contributed by atoms with E-state index in [-0.39, 0.29) is 12.3 Å². The van der Waals surface area contributed by atoms with Crippen molar-refractivity contribution in [1.29, 1.82) is 5.26 Å². The summed E-state index contributed by atoms with van der Waals surface area (Å²) in [6, 6.07) is 8.65. The number of nitrogens with one attached hydrogen (secondary N) is 1. The molecule has 6 nitrogen and oxygen atoms in total. The normalized spacial score (nSPS) is 11.3. The molecule has 1 rings (SSSR count). The molecule has 1 atom stereocenters. The summed E-state index contributed by atoms with van der Waals surface area (Å²) in [5, 5.41) is 20.1. The Morgan fingerprint density at radius 1 is 1.39 bits per heavy atom. The van der Waals surface area contributed by atoms with Gasteiger partial charge in [-0.3, -0.25) is 9.59 Å². The third-order valence-corrected chi connectivity index (χ3v) is 5.02. The van der Waals surface area contributed by atoms with Gasteiger partial charge in [0.1, 0.15) is 5.75 Å². The molecule has 0 spiro atoms. The number of nitriles is 1. The molecule has 0 aliphatic heterocycles. The molecule has 0 heterocycles. The van der Waals surface area contributed by atoms with Gasteiger partial charge in [0.15, 0.2) is 6.10 Å². The lowest BCUT2D eigenvalue weighted by Crippen LogP contribution is -2.37. The minimum absolute atomic E-state index is 0.136. The average molecular weight is 354 g/mol. The van der Waals surface area contributed by atoms with Crippen LogP contribution in [0.1, 0.15) is 18.9 Å². The standard InChI is InChI=1S/C15H18N2O4S2/c1-11(21-13-4-2-3-12(9-13)10-16)15(20)17-6-8-23-22-7-5-14(18)19/h2-4,9,11H,5-8H2,1H3,(H,17,20)(H,18,19). The van der Waals surface area contributed by atoms with Crippen molar-refractivity contribution in [3.8, 4) is 11.8 Å². The van der Waals surface area contributed by atoms with Gasteiger partial charge in [-0.25, -0.2) is 0 Å². The molecule has 0 bridgehead atoms. The molecule has 0 fully saturated rings. The molecular formula is C15H18N2O4S2. The van der Waals surface area contributed by atoms with Crippen molar-refractivity contribution in [2.75, 3.05) is 18.1 Å². The van der Waals surface area contributed by atoms with E-state index < -0.39 is 12.1 Å². The van der Waals surface area contributed by atoms with E-state index in [2.05, 4.69) is 5.32 Å². The van der Waals surface area contributed by atoms with Gasteiger partial charge in [-0.2, -0.15) is 5.26 Å². The lowest BCUT2D eigenvalue weighted by molar-refractivity contribution is -0.136. The molecule has 0 aliphatic rings. The number of hydrogen-bond donors (Lipinski definition) is 2. The highest BCUT2D eigenvalue weighted by Crippen LogP contribution is 2.21. The summed E-state index contributed by atoms with van der Waals surface area (Å²) in [5.74, 6) is 0.668. The van der Waals surface area contributed by atoms with Crippen molar-refractivity contribution in [3.05, 3.63) is 29.8 Å². The van der Waals surface area contributed by atoms with Gasteiger partial charge in [0.05, 0.1) is 18.1 Å². The van der Waals surface area contributed by atoms with E-state index in [4.69, 9.17) is 15.1 Å². The molecule has 1 aromatic carbocycles. The van der Waals surface area contributed by atoms with Gasteiger partial charge in [-0.1, -0.05) is 27.7 Å². The van der Waals surface area contributed by atoms with E-state index in [0.29, 0.717) is 29.4 Å². The van der Waals surface area contributed by atoms with Crippen LogP contribution in [0.25, 0.3) is 0 Å². The van der Waals surface area contributed by atoms with Crippen molar-refractivity contribution in [3.63, 3.8) is 0 Å². The minimum atomic E-state index is -0.808. The van der Waals surface area contributed by atoms with Gasteiger partial charge in [-0.15, -0.1) is 0 Å². The molecule has 23 heavy (non-hydrogen) atoms. The minimum Gasteiger partial charge on any atom is -0.481 e. The topological polar surface area (TPSA) is 99.4 Å². The Morgan fingerprint density at radius 2 is 2.13 bits per heavy atom. The maximum absolute atomic E-state index is 11.9. The number of carbonyl (C=O) groups excluding carboxylic acids is 1. The number of nitrogens with zero attached hydrogens (tertiary/aromatic N) is 1. The fourth-order valence-electron chi connectivity index (χ4n) is 1.50. The first kappa shape index (κ1) is 19.2. The fourth-order valence-corrected chi connectivity index (χ4v) is 3.39. The van der Waals surface area contributed by atoms with Crippen LogP contribution in [0, 0.1) is 11.3 Å². The number of amides is 1. The number of carboxylic acids is 1. The SMILES string of the molecule is CC(Oc1cccc(C#N)c1)C(=O)NCCSSCCC(=O)O. The predicted molar refractivity (Wildman–Crippen MR) is 91.4 cm³/mol. The van der Waals surface area contributed by atoms with Crippen LogP contribution >= 0.6 is 21.6 Å². The first-order valence-electron chi connectivity index (χ1n) is 6.93. The van der Waals surface area contributed by atoms with Crippen molar-refractivity contribution >= 4 is 33.5 Å². The highest BCUT2D eigenvalue weighted by atomic mass is 33.1. The first-order chi connectivity index (χ1) is 11.0. The highest BCUT2D eigenvalue weighted by molar-refractivity contribution is 8.76. The zero-order valence-electron chi connectivity index (χ0n) is 12.7. The van der Waals surface area contributed by atoms with Crippen molar-refractivity contribution in [2.24, 2.45) is 0 Å². The smallest absolute Gasteiger partial charge is 0.304 e. The molecular weight excluding hydrogens is 336 g/mol. The van der Waals surface area contributed by atoms with Crippen molar-refractivity contribution in [1.82, 2.24) is 5.32 Å². The summed E-state index contributed by atoms with van der Waals surface area (Å²) in [5.41, 5.74) is 0.477. The van der Waals surface area contributed by atoms with Crippen LogP contribution in [0.5, 0.6) is 5.75 Å². The van der Waals surface area contributed by atoms with Gasteiger partial charge in [-0.05, 0) is 25.1 Å². The number of carbonyl (C=O) groups is 2. The Labute approximate surface area is 143 Å². The third kappa shape index (κ3) is 8.38. The number of ether oxygens (including phenoxy) is 1. The maximum Gasteiger partial charge on any atom is 0.304 e. The fraction of sp³-hybridized carbons (Fsp3) is 0.400. The Kier molecular flexibility index (Phi) is 9.02. The molecule has 0 aliphatic carbocycles. The Balaban J connectivity index is 2.21. The monoisotopic (exact) mass is 354 g/mol. The second kappa shape index (κ2) is 10.8. The van der Waals surface area contributed by atoms with E-state index in [1.165, 1.54) is 21.6 Å². The van der Waals surface area contributed by atoms with Crippen LogP contribution in [0.3, 0.4) is 0 Å². The van der Waals surface area contributed by atoms with Crippen LogP contribution in [-0.4, -0.2) is 41.1 Å².